The van der Waals surface area contributed by atoms with Crippen molar-refractivity contribution in [1.82, 2.24) is 9.80 Å². The van der Waals surface area contributed by atoms with Gasteiger partial charge in [-0.3, -0.25) is 9.59 Å². The molecule has 162 valence electrons. The monoisotopic (exact) mass is 469 g/mol. The highest BCUT2D eigenvalue weighted by atomic mass is 35.5. The number of benzene rings is 1. The maximum absolute atomic E-state index is 13.8. The maximum atomic E-state index is 13.8. The molecule has 0 bridgehead atoms. The molecule has 2 amide bonds. The van der Waals surface area contributed by atoms with E-state index in [9.17, 15) is 22.8 Å². The molecule has 0 radical (unpaired) electrons. The van der Waals surface area contributed by atoms with Crippen LogP contribution in [-0.2, 0) is 16.0 Å². The molecule has 2 aliphatic rings. The van der Waals surface area contributed by atoms with Crippen molar-refractivity contribution in [3.63, 3.8) is 0 Å². The zero-order valence-electron chi connectivity index (χ0n) is 15.6. The van der Waals surface area contributed by atoms with Gasteiger partial charge in [-0.1, -0.05) is 0 Å². The van der Waals surface area contributed by atoms with Gasteiger partial charge in [0.25, 0.3) is 5.91 Å². The largest absolute Gasteiger partial charge is 0.338 e. The van der Waals surface area contributed by atoms with Crippen LogP contribution in [-0.4, -0.2) is 69.9 Å². The van der Waals surface area contributed by atoms with Gasteiger partial charge in [-0.15, -0.1) is 24.2 Å². The lowest BCUT2D eigenvalue weighted by atomic mass is 10.0. The first-order valence-electron chi connectivity index (χ1n) is 9.03. The Morgan fingerprint density at radius 1 is 1.07 bits per heavy atom. The predicted molar refractivity (Wildman–Crippen MR) is 112 cm³/mol. The Morgan fingerprint density at radius 3 is 2.41 bits per heavy atom. The number of nitrogens with two attached hydrogens (primary N) is 1. The highest BCUT2D eigenvalue weighted by Gasteiger charge is 2.37. The molecule has 2 heterocycles. The molecular weight excluding hydrogens is 447 g/mol. The molecule has 2 saturated heterocycles. The summed E-state index contributed by atoms with van der Waals surface area (Å²) in [5, 5.41) is -0.553. The lowest BCUT2D eigenvalue weighted by Crippen LogP contribution is -2.49. The van der Waals surface area contributed by atoms with Crippen molar-refractivity contribution < 1.29 is 22.8 Å². The smallest absolute Gasteiger partial charge is 0.255 e. The number of halogens is 4. The zero-order chi connectivity index (χ0) is 20.3. The average Bonchev–Trinajstić information content (AvgIpc) is 3.16. The Hall–Kier alpha value is -1.10. The molecule has 5 nitrogen and oxygen atoms in total. The first-order chi connectivity index (χ1) is 13.4. The van der Waals surface area contributed by atoms with Crippen LogP contribution in [0.1, 0.15) is 12.0 Å². The molecule has 1 aromatic rings. The molecule has 2 atom stereocenters. The molecule has 1 aromatic carbocycles. The second-order valence-corrected chi connectivity index (χ2v) is 9.19. The van der Waals surface area contributed by atoms with Crippen molar-refractivity contribution in [3.8, 4) is 0 Å². The van der Waals surface area contributed by atoms with Crippen molar-refractivity contribution in [2.45, 2.75) is 24.3 Å². The van der Waals surface area contributed by atoms with E-state index in [1.807, 2.05) is 0 Å². The number of hydrogen-bond acceptors (Lipinski definition) is 5. The molecule has 11 heteroatoms. The Morgan fingerprint density at radius 2 is 1.72 bits per heavy atom. The van der Waals surface area contributed by atoms with Crippen LogP contribution >= 0.6 is 35.9 Å². The topological polar surface area (TPSA) is 66.6 Å². The first kappa shape index (κ1) is 24.2. The minimum atomic E-state index is -1.27. The van der Waals surface area contributed by atoms with Gasteiger partial charge in [0.1, 0.15) is 5.82 Å². The van der Waals surface area contributed by atoms with E-state index in [-0.39, 0.29) is 42.6 Å². The standard InChI is InChI=1S/C18H22F3N3O2S2.ClH/c19-13-10-15(21)14(20)8-11(13)7-12(22)9-16(25)24-3-6-28-18(24)17(26)23-1-4-27-5-2-23;/h8,10,12,18H,1-7,9,22H2;1H/t12-,18?;/m1./s1. The van der Waals surface area contributed by atoms with Crippen molar-refractivity contribution >= 4 is 47.7 Å². The molecule has 29 heavy (non-hydrogen) atoms. The van der Waals surface area contributed by atoms with Crippen LogP contribution in [0.25, 0.3) is 0 Å². The molecular formula is C18H23ClF3N3O2S2. The Bertz CT molecular complexity index is 753. The third-order valence-electron chi connectivity index (χ3n) is 4.75. The van der Waals surface area contributed by atoms with Gasteiger partial charge in [0.15, 0.2) is 17.0 Å². The second kappa shape index (κ2) is 10.8. The van der Waals surface area contributed by atoms with Crippen molar-refractivity contribution in [3.05, 3.63) is 35.1 Å². The van der Waals surface area contributed by atoms with Gasteiger partial charge in [-0.25, -0.2) is 13.2 Å². The molecule has 0 saturated carbocycles. The molecule has 1 unspecified atom stereocenters. The Balaban J connectivity index is 0.00000300. The second-order valence-electron chi connectivity index (χ2n) is 6.77. The van der Waals surface area contributed by atoms with E-state index < -0.39 is 28.9 Å². The summed E-state index contributed by atoms with van der Waals surface area (Å²) in [6, 6.07) is 0.475. The Labute approximate surface area is 182 Å². The van der Waals surface area contributed by atoms with Crippen LogP contribution in [0.5, 0.6) is 0 Å². The fourth-order valence-electron chi connectivity index (χ4n) is 3.29. The lowest BCUT2D eigenvalue weighted by molar-refractivity contribution is -0.141. The van der Waals surface area contributed by atoms with E-state index in [2.05, 4.69) is 0 Å². The number of hydrogen-bond donors (Lipinski definition) is 1. The van der Waals surface area contributed by atoms with Crippen molar-refractivity contribution in [2.24, 2.45) is 5.73 Å². The van der Waals surface area contributed by atoms with E-state index in [4.69, 9.17) is 5.73 Å². The van der Waals surface area contributed by atoms with Gasteiger partial charge in [0.2, 0.25) is 5.91 Å². The SMILES string of the molecule is Cl.N[C@@H](CC(=O)N1CCSC1C(=O)N1CCSCC1)Cc1cc(F)c(F)cc1F. The maximum Gasteiger partial charge on any atom is 0.255 e. The third kappa shape index (κ3) is 5.96. The third-order valence-corrected chi connectivity index (χ3v) is 6.89. The minimum Gasteiger partial charge on any atom is -0.338 e. The van der Waals surface area contributed by atoms with Crippen LogP contribution in [0.3, 0.4) is 0 Å². The van der Waals surface area contributed by atoms with Gasteiger partial charge in [0.05, 0.1) is 0 Å². The van der Waals surface area contributed by atoms with Gasteiger partial charge in [-0.2, -0.15) is 11.8 Å². The van der Waals surface area contributed by atoms with Crippen LogP contribution in [0.2, 0.25) is 0 Å². The number of amides is 2. The van der Waals surface area contributed by atoms with E-state index >= 15 is 0 Å². The van der Waals surface area contributed by atoms with E-state index in [1.165, 1.54) is 16.7 Å². The fraction of sp³-hybridized carbons (Fsp3) is 0.556. The number of nitrogens with zero attached hydrogens (tertiary/aromatic N) is 2. The van der Waals surface area contributed by atoms with E-state index in [1.54, 1.807) is 16.7 Å². The highest BCUT2D eigenvalue weighted by molar-refractivity contribution is 8.00. The van der Waals surface area contributed by atoms with Gasteiger partial charge in [0, 0.05) is 55.4 Å². The number of thioether (sulfide) groups is 2. The van der Waals surface area contributed by atoms with E-state index in [0.717, 1.165) is 17.6 Å². The highest BCUT2D eigenvalue weighted by Crippen LogP contribution is 2.27. The molecule has 0 aromatic heterocycles. The quantitative estimate of drug-likeness (QED) is 0.670. The summed E-state index contributed by atoms with van der Waals surface area (Å²) in [5.41, 5.74) is 5.88. The number of carbonyl (C=O) groups is 2. The lowest BCUT2D eigenvalue weighted by Gasteiger charge is -2.32. The van der Waals surface area contributed by atoms with Gasteiger partial charge >= 0.3 is 0 Å². The summed E-state index contributed by atoms with van der Waals surface area (Å²) in [5.74, 6) is -1.22. The van der Waals surface area contributed by atoms with Gasteiger partial charge in [-0.05, 0) is 18.1 Å². The number of carbonyl (C=O) groups excluding carboxylic acids is 2. The molecule has 2 fully saturated rings. The van der Waals surface area contributed by atoms with E-state index in [0.29, 0.717) is 31.5 Å². The van der Waals surface area contributed by atoms with Crippen LogP contribution in [0, 0.1) is 17.5 Å². The summed E-state index contributed by atoms with van der Waals surface area (Å²) in [7, 11) is 0. The summed E-state index contributed by atoms with van der Waals surface area (Å²) < 4.78 is 40.2. The molecule has 0 spiro atoms. The Kier molecular flexibility index (Phi) is 8.99. The normalized spacial score (nSPS) is 20.3. The van der Waals surface area contributed by atoms with Crippen molar-refractivity contribution in [1.29, 1.82) is 0 Å². The summed E-state index contributed by atoms with van der Waals surface area (Å²) >= 11 is 3.23. The number of rotatable bonds is 5. The fourth-order valence-corrected chi connectivity index (χ4v) is 5.41. The zero-order valence-corrected chi connectivity index (χ0v) is 18.1. The molecule has 3 rings (SSSR count). The van der Waals surface area contributed by atoms with Gasteiger partial charge < -0.3 is 15.5 Å². The predicted octanol–water partition coefficient (Wildman–Crippen LogP) is 2.26. The van der Waals surface area contributed by atoms with Crippen molar-refractivity contribution in [2.75, 3.05) is 36.9 Å². The summed E-state index contributed by atoms with van der Waals surface area (Å²) in [4.78, 5) is 28.7. The summed E-state index contributed by atoms with van der Waals surface area (Å²) in [6.07, 6.45) is -0.198. The summed E-state index contributed by atoms with van der Waals surface area (Å²) in [6.45, 7) is 1.81. The first-order valence-corrected chi connectivity index (χ1v) is 11.2. The van der Waals surface area contributed by atoms with Crippen LogP contribution < -0.4 is 5.73 Å². The average molecular weight is 470 g/mol. The molecule has 0 aliphatic carbocycles. The van der Waals surface area contributed by atoms with Crippen LogP contribution in [0.15, 0.2) is 12.1 Å². The van der Waals surface area contributed by atoms with Crippen LogP contribution in [0.4, 0.5) is 13.2 Å². The molecule has 2 aliphatic heterocycles. The minimum absolute atomic E-state index is 0. The molecule has 2 N–H and O–H groups in total.